The second-order valence-electron chi connectivity index (χ2n) is 5.13. The van der Waals surface area contributed by atoms with E-state index in [0.29, 0.717) is 19.4 Å². The number of carboxylic acid groups (broad SMARTS) is 1. The fourth-order valence-electron chi connectivity index (χ4n) is 2.45. The van der Waals surface area contributed by atoms with E-state index in [1.54, 1.807) is 7.11 Å². The van der Waals surface area contributed by atoms with E-state index in [9.17, 15) is 9.59 Å². The lowest BCUT2D eigenvalue weighted by molar-refractivity contribution is -0.141. The van der Waals surface area contributed by atoms with Crippen LogP contribution in [-0.2, 0) is 19.1 Å². The summed E-state index contributed by atoms with van der Waals surface area (Å²) in [4.78, 5) is 23.1. The molecule has 1 heterocycles. The van der Waals surface area contributed by atoms with Crippen LogP contribution in [-0.4, -0.2) is 63.5 Å². The van der Waals surface area contributed by atoms with Crippen LogP contribution >= 0.6 is 0 Å². The number of aliphatic carboxylic acids is 1. The molecule has 1 atom stereocenters. The number of ether oxygens (including phenoxy) is 2. The van der Waals surface area contributed by atoms with Crippen molar-refractivity contribution in [1.29, 1.82) is 0 Å². The van der Waals surface area contributed by atoms with Gasteiger partial charge in [-0.3, -0.25) is 9.59 Å². The van der Waals surface area contributed by atoms with Gasteiger partial charge in [0.25, 0.3) is 0 Å². The fraction of sp³-hybridized carbons (Fsp3) is 0.846. The average Bonchev–Trinajstić information content (AvgIpc) is 2.44. The maximum absolute atomic E-state index is 12.4. The number of carbonyl (C=O) groups excluding carboxylic acids is 1. The van der Waals surface area contributed by atoms with Crippen LogP contribution in [0.25, 0.3) is 0 Å². The zero-order chi connectivity index (χ0) is 15.0. The molecule has 0 spiro atoms. The lowest BCUT2D eigenvalue weighted by atomic mass is 9.78. The van der Waals surface area contributed by atoms with Crippen LogP contribution in [0, 0.1) is 5.41 Å². The topological polar surface area (TPSA) is 96.9 Å². The number of carboxylic acids is 1. The molecule has 0 saturated carbocycles. The summed E-state index contributed by atoms with van der Waals surface area (Å²) in [5.74, 6) is -1.03. The molecule has 1 amide bonds. The Morgan fingerprint density at radius 1 is 1.35 bits per heavy atom. The van der Waals surface area contributed by atoms with Gasteiger partial charge in [-0.2, -0.15) is 0 Å². The molecule has 20 heavy (non-hydrogen) atoms. The van der Waals surface area contributed by atoms with E-state index in [4.69, 9.17) is 14.6 Å². The predicted molar refractivity (Wildman–Crippen MR) is 72.5 cm³/mol. The van der Waals surface area contributed by atoms with Crippen LogP contribution in [0.5, 0.6) is 0 Å². The van der Waals surface area contributed by atoms with E-state index in [-0.39, 0.29) is 18.9 Å². The van der Waals surface area contributed by atoms with Gasteiger partial charge in [0.1, 0.15) is 0 Å². The highest BCUT2D eigenvalue weighted by Gasteiger charge is 2.39. The van der Waals surface area contributed by atoms with Gasteiger partial charge < -0.3 is 25.2 Å². The first-order valence-corrected chi connectivity index (χ1v) is 6.76. The third-order valence-corrected chi connectivity index (χ3v) is 3.69. The highest BCUT2D eigenvalue weighted by Crippen LogP contribution is 2.29. The Labute approximate surface area is 119 Å². The highest BCUT2D eigenvalue weighted by molar-refractivity contribution is 5.83. The summed E-state index contributed by atoms with van der Waals surface area (Å²) < 4.78 is 10.2. The summed E-state index contributed by atoms with van der Waals surface area (Å²) in [6.07, 6.45) is 0.778. The van der Waals surface area contributed by atoms with E-state index in [0.717, 1.165) is 13.1 Å². The molecule has 1 fully saturated rings. The number of nitrogens with one attached hydrogen (secondary N) is 2. The molecule has 1 unspecified atom stereocenters. The largest absolute Gasteiger partial charge is 0.481 e. The standard InChI is InChI=1S/C13H24N2O5/c1-19-9-13(3-5-14-6-4-13)12(18)15-8-10(20-2)7-11(16)17/h10,14H,3-9H2,1-2H3,(H,15,18)(H,16,17). The van der Waals surface area contributed by atoms with Crippen molar-refractivity contribution in [3.63, 3.8) is 0 Å². The number of carbonyl (C=O) groups is 2. The molecule has 7 nitrogen and oxygen atoms in total. The van der Waals surface area contributed by atoms with E-state index in [2.05, 4.69) is 10.6 Å². The first kappa shape index (κ1) is 16.9. The molecule has 116 valence electrons. The lowest BCUT2D eigenvalue weighted by Gasteiger charge is -2.35. The number of piperidine rings is 1. The van der Waals surface area contributed by atoms with Gasteiger partial charge in [0.2, 0.25) is 5.91 Å². The van der Waals surface area contributed by atoms with Crippen LogP contribution in [0.3, 0.4) is 0 Å². The minimum absolute atomic E-state index is 0.0895. The normalized spacial score (nSPS) is 19.3. The van der Waals surface area contributed by atoms with Crippen molar-refractivity contribution in [2.75, 3.05) is 40.5 Å². The van der Waals surface area contributed by atoms with Gasteiger partial charge in [-0.25, -0.2) is 0 Å². The first-order valence-electron chi connectivity index (χ1n) is 6.76. The summed E-state index contributed by atoms with van der Waals surface area (Å²) in [5, 5.41) is 14.8. The maximum atomic E-state index is 12.4. The summed E-state index contributed by atoms with van der Waals surface area (Å²) in [6.45, 7) is 2.12. The maximum Gasteiger partial charge on any atom is 0.306 e. The molecule has 0 aromatic carbocycles. The monoisotopic (exact) mass is 288 g/mol. The van der Waals surface area contributed by atoms with E-state index < -0.39 is 17.5 Å². The predicted octanol–water partition coefficient (Wildman–Crippen LogP) is -0.391. The minimum atomic E-state index is -0.945. The van der Waals surface area contributed by atoms with Gasteiger partial charge in [-0.15, -0.1) is 0 Å². The Kier molecular flexibility index (Phi) is 6.90. The molecule has 1 aliphatic rings. The highest BCUT2D eigenvalue weighted by atomic mass is 16.5. The molecular weight excluding hydrogens is 264 g/mol. The third-order valence-electron chi connectivity index (χ3n) is 3.69. The number of amides is 1. The number of hydrogen-bond acceptors (Lipinski definition) is 5. The Balaban J connectivity index is 2.55. The van der Waals surface area contributed by atoms with Gasteiger partial charge in [0.05, 0.1) is 24.5 Å². The Hall–Kier alpha value is -1.18. The van der Waals surface area contributed by atoms with Gasteiger partial charge in [0, 0.05) is 20.8 Å². The SMILES string of the molecule is COCC1(C(=O)NCC(CC(=O)O)OC)CCNCC1. The van der Waals surface area contributed by atoms with Crippen LogP contribution in [0.4, 0.5) is 0 Å². The second-order valence-corrected chi connectivity index (χ2v) is 5.13. The smallest absolute Gasteiger partial charge is 0.306 e. The van der Waals surface area contributed by atoms with E-state index in [1.165, 1.54) is 7.11 Å². The van der Waals surface area contributed by atoms with Crippen LogP contribution in [0.1, 0.15) is 19.3 Å². The van der Waals surface area contributed by atoms with Gasteiger partial charge in [-0.1, -0.05) is 0 Å². The molecule has 3 N–H and O–H groups in total. The summed E-state index contributed by atoms with van der Waals surface area (Å²) in [5.41, 5.74) is -0.526. The van der Waals surface area contributed by atoms with Crippen molar-refractivity contribution in [3.8, 4) is 0 Å². The summed E-state index contributed by atoms with van der Waals surface area (Å²) in [6, 6.07) is 0. The molecule has 1 saturated heterocycles. The van der Waals surface area contributed by atoms with Crippen molar-refractivity contribution in [3.05, 3.63) is 0 Å². The Morgan fingerprint density at radius 3 is 2.50 bits per heavy atom. The van der Waals surface area contributed by atoms with Gasteiger partial charge in [-0.05, 0) is 25.9 Å². The zero-order valence-electron chi connectivity index (χ0n) is 12.1. The molecule has 1 aliphatic heterocycles. The van der Waals surface area contributed by atoms with E-state index in [1.807, 2.05) is 0 Å². The van der Waals surface area contributed by atoms with Crippen molar-refractivity contribution in [2.24, 2.45) is 5.41 Å². The fourth-order valence-corrected chi connectivity index (χ4v) is 2.45. The quantitative estimate of drug-likeness (QED) is 0.563. The molecule has 1 rings (SSSR count). The summed E-state index contributed by atoms with van der Waals surface area (Å²) in [7, 11) is 3.02. The zero-order valence-corrected chi connectivity index (χ0v) is 12.1. The molecule has 0 aromatic rings. The Morgan fingerprint density at radius 2 is 2.00 bits per heavy atom. The van der Waals surface area contributed by atoms with Crippen LogP contribution in [0.2, 0.25) is 0 Å². The van der Waals surface area contributed by atoms with Crippen LogP contribution < -0.4 is 10.6 Å². The number of methoxy groups -OCH3 is 2. The molecule has 0 bridgehead atoms. The van der Waals surface area contributed by atoms with E-state index >= 15 is 0 Å². The number of hydrogen-bond donors (Lipinski definition) is 3. The Bertz CT molecular complexity index is 323. The van der Waals surface area contributed by atoms with Gasteiger partial charge >= 0.3 is 5.97 Å². The van der Waals surface area contributed by atoms with Crippen molar-refractivity contribution < 1.29 is 24.2 Å². The molecule has 0 aromatic heterocycles. The summed E-state index contributed by atoms with van der Waals surface area (Å²) >= 11 is 0. The second kappa shape index (κ2) is 8.18. The lowest BCUT2D eigenvalue weighted by Crippen LogP contribution is -2.51. The molecular formula is C13H24N2O5. The minimum Gasteiger partial charge on any atom is -0.481 e. The molecule has 0 radical (unpaired) electrons. The van der Waals surface area contributed by atoms with Gasteiger partial charge in [0.15, 0.2) is 0 Å². The number of rotatable bonds is 8. The van der Waals surface area contributed by atoms with Crippen molar-refractivity contribution >= 4 is 11.9 Å². The molecule has 0 aliphatic carbocycles. The third kappa shape index (κ3) is 4.73. The van der Waals surface area contributed by atoms with Crippen molar-refractivity contribution in [2.45, 2.75) is 25.4 Å². The average molecular weight is 288 g/mol. The van der Waals surface area contributed by atoms with Crippen molar-refractivity contribution in [1.82, 2.24) is 10.6 Å². The first-order chi connectivity index (χ1) is 9.54. The van der Waals surface area contributed by atoms with Crippen LogP contribution in [0.15, 0.2) is 0 Å². The molecule has 7 heteroatoms.